The van der Waals surface area contributed by atoms with Crippen LogP contribution >= 0.6 is 11.6 Å². The van der Waals surface area contributed by atoms with Gasteiger partial charge in [0.1, 0.15) is 5.76 Å². The molecule has 0 unspecified atom stereocenters. The van der Waals surface area contributed by atoms with Gasteiger partial charge in [0.15, 0.2) is 0 Å². The smallest absolute Gasteiger partial charge is 0.120 e. The number of nitrogens with zero attached hydrogens (tertiary/aromatic N) is 1. The van der Waals surface area contributed by atoms with E-state index in [1.807, 2.05) is 25.1 Å². The lowest BCUT2D eigenvalue weighted by atomic mass is 10.1. The van der Waals surface area contributed by atoms with Crippen molar-refractivity contribution in [2.75, 3.05) is 0 Å². The third-order valence-electron chi connectivity index (χ3n) is 2.75. The summed E-state index contributed by atoms with van der Waals surface area (Å²) < 4.78 is 5.31. The number of halogens is 1. The minimum atomic E-state index is 0.117. The van der Waals surface area contributed by atoms with Crippen LogP contribution in [0.15, 0.2) is 41.0 Å². The Balaban J connectivity index is 2.00. The Bertz CT molecular complexity index is 558. The van der Waals surface area contributed by atoms with Crippen molar-refractivity contribution in [2.24, 2.45) is 0 Å². The van der Waals surface area contributed by atoms with Crippen molar-refractivity contribution < 1.29 is 4.42 Å². The molecule has 92 valence electrons. The van der Waals surface area contributed by atoms with Crippen molar-refractivity contribution in [3.05, 3.63) is 58.5 Å². The summed E-state index contributed by atoms with van der Waals surface area (Å²) in [5.74, 6) is 0.889. The summed E-state index contributed by atoms with van der Waals surface area (Å²) in [7, 11) is 0. The summed E-state index contributed by atoms with van der Waals surface area (Å²) in [6, 6.07) is 11.3. The molecule has 0 amide bonds. The maximum Gasteiger partial charge on any atom is 0.120 e. The lowest BCUT2D eigenvalue weighted by Gasteiger charge is -2.12. The van der Waals surface area contributed by atoms with E-state index in [0.29, 0.717) is 17.1 Å². The van der Waals surface area contributed by atoms with Crippen molar-refractivity contribution in [3.63, 3.8) is 0 Å². The summed E-state index contributed by atoms with van der Waals surface area (Å²) in [6.07, 6.45) is 1.65. The Morgan fingerprint density at radius 3 is 2.89 bits per heavy atom. The van der Waals surface area contributed by atoms with Crippen LogP contribution in [0.5, 0.6) is 0 Å². The number of furan rings is 1. The van der Waals surface area contributed by atoms with Gasteiger partial charge in [-0.1, -0.05) is 17.7 Å². The molecule has 0 aliphatic carbocycles. The van der Waals surface area contributed by atoms with Crippen LogP contribution in [0.25, 0.3) is 0 Å². The van der Waals surface area contributed by atoms with E-state index >= 15 is 0 Å². The highest BCUT2D eigenvalue weighted by Crippen LogP contribution is 2.19. The van der Waals surface area contributed by atoms with Crippen LogP contribution in [-0.2, 0) is 6.54 Å². The molecule has 1 N–H and O–H groups in total. The highest BCUT2D eigenvalue weighted by atomic mass is 35.5. The second-order valence-electron chi connectivity index (χ2n) is 4.04. The molecule has 1 aromatic heterocycles. The summed E-state index contributed by atoms with van der Waals surface area (Å²) >= 11 is 6.10. The molecular formula is C14H13ClN2O. The van der Waals surface area contributed by atoms with Gasteiger partial charge in [-0.2, -0.15) is 5.26 Å². The Labute approximate surface area is 111 Å². The maximum atomic E-state index is 8.76. The molecule has 0 bridgehead atoms. The third-order valence-corrected chi connectivity index (χ3v) is 3.10. The Morgan fingerprint density at radius 1 is 1.44 bits per heavy atom. The predicted molar refractivity (Wildman–Crippen MR) is 70.1 cm³/mol. The average molecular weight is 261 g/mol. The van der Waals surface area contributed by atoms with Gasteiger partial charge in [0.2, 0.25) is 0 Å². The summed E-state index contributed by atoms with van der Waals surface area (Å²) in [5, 5.41) is 12.7. The van der Waals surface area contributed by atoms with Gasteiger partial charge in [-0.05, 0) is 36.8 Å². The third kappa shape index (κ3) is 2.92. The van der Waals surface area contributed by atoms with Crippen molar-refractivity contribution in [1.29, 1.82) is 5.26 Å². The molecule has 3 nitrogen and oxygen atoms in total. The van der Waals surface area contributed by atoms with Gasteiger partial charge in [-0.15, -0.1) is 0 Å². The van der Waals surface area contributed by atoms with Gasteiger partial charge >= 0.3 is 0 Å². The molecule has 2 rings (SSSR count). The minimum Gasteiger partial charge on any atom is -0.468 e. The fourth-order valence-electron chi connectivity index (χ4n) is 1.66. The fourth-order valence-corrected chi connectivity index (χ4v) is 1.91. The first kappa shape index (κ1) is 12.7. The number of nitriles is 1. The van der Waals surface area contributed by atoms with Gasteiger partial charge in [-0.3, -0.25) is 0 Å². The molecular weight excluding hydrogens is 248 g/mol. The second-order valence-corrected chi connectivity index (χ2v) is 4.44. The zero-order valence-electron chi connectivity index (χ0n) is 9.98. The molecule has 0 fully saturated rings. The molecule has 0 saturated heterocycles. The first-order chi connectivity index (χ1) is 8.70. The summed E-state index contributed by atoms with van der Waals surface area (Å²) in [4.78, 5) is 0. The topological polar surface area (TPSA) is 49.0 Å². The van der Waals surface area contributed by atoms with E-state index in [1.54, 1.807) is 18.4 Å². The average Bonchev–Trinajstić information content (AvgIpc) is 2.90. The van der Waals surface area contributed by atoms with E-state index in [0.717, 1.165) is 11.3 Å². The quantitative estimate of drug-likeness (QED) is 0.913. The zero-order valence-corrected chi connectivity index (χ0v) is 10.7. The van der Waals surface area contributed by atoms with Crippen molar-refractivity contribution >= 4 is 11.6 Å². The van der Waals surface area contributed by atoms with Crippen LogP contribution in [0.3, 0.4) is 0 Å². The lowest BCUT2D eigenvalue weighted by Crippen LogP contribution is -2.17. The highest BCUT2D eigenvalue weighted by molar-refractivity contribution is 6.31. The lowest BCUT2D eigenvalue weighted by molar-refractivity contribution is 0.430. The molecule has 0 spiro atoms. The SMILES string of the molecule is C[C@@H](NCc1ccc(C#N)cc1Cl)c1ccco1. The van der Waals surface area contributed by atoms with Crippen LogP contribution in [0.4, 0.5) is 0 Å². The normalized spacial score (nSPS) is 12.1. The molecule has 0 radical (unpaired) electrons. The molecule has 0 aliphatic rings. The van der Waals surface area contributed by atoms with Crippen LogP contribution < -0.4 is 5.32 Å². The molecule has 1 atom stereocenters. The Kier molecular flexibility index (Phi) is 4.03. The van der Waals surface area contributed by atoms with E-state index in [4.69, 9.17) is 21.3 Å². The molecule has 0 aliphatic heterocycles. The van der Waals surface area contributed by atoms with Gasteiger partial charge in [0, 0.05) is 11.6 Å². The van der Waals surface area contributed by atoms with Crippen molar-refractivity contribution in [1.82, 2.24) is 5.32 Å². The monoisotopic (exact) mass is 260 g/mol. The number of benzene rings is 1. The molecule has 2 aromatic rings. The summed E-state index contributed by atoms with van der Waals surface area (Å²) in [6.45, 7) is 2.66. The van der Waals surface area contributed by atoms with Gasteiger partial charge in [0.25, 0.3) is 0 Å². The molecule has 1 heterocycles. The van der Waals surface area contributed by atoms with Gasteiger partial charge in [0.05, 0.1) is 23.9 Å². The fraction of sp³-hybridized carbons (Fsp3) is 0.214. The summed E-state index contributed by atoms with van der Waals surface area (Å²) in [5.41, 5.74) is 1.54. The number of nitrogens with one attached hydrogen (secondary N) is 1. The number of hydrogen-bond acceptors (Lipinski definition) is 3. The van der Waals surface area contributed by atoms with Crippen LogP contribution in [-0.4, -0.2) is 0 Å². The van der Waals surface area contributed by atoms with E-state index in [9.17, 15) is 0 Å². The van der Waals surface area contributed by atoms with Crippen LogP contribution in [0.2, 0.25) is 5.02 Å². The van der Waals surface area contributed by atoms with Gasteiger partial charge in [-0.25, -0.2) is 0 Å². The highest BCUT2D eigenvalue weighted by Gasteiger charge is 2.08. The minimum absolute atomic E-state index is 0.117. The van der Waals surface area contributed by atoms with E-state index < -0.39 is 0 Å². The Hall–Kier alpha value is -1.76. The molecule has 18 heavy (non-hydrogen) atoms. The molecule has 4 heteroatoms. The van der Waals surface area contributed by atoms with E-state index in [-0.39, 0.29) is 6.04 Å². The largest absolute Gasteiger partial charge is 0.468 e. The van der Waals surface area contributed by atoms with E-state index in [1.165, 1.54) is 0 Å². The Morgan fingerprint density at radius 2 is 2.28 bits per heavy atom. The maximum absolute atomic E-state index is 8.76. The van der Waals surface area contributed by atoms with Crippen LogP contribution in [0.1, 0.15) is 29.9 Å². The van der Waals surface area contributed by atoms with Crippen LogP contribution in [0, 0.1) is 11.3 Å². The predicted octanol–water partition coefficient (Wildman–Crippen LogP) is 3.66. The first-order valence-corrected chi connectivity index (χ1v) is 6.04. The van der Waals surface area contributed by atoms with E-state index in [2.05, 4.69) is 11.4 Å². The standard InChI is InChI=1S/C14H13ClN2O/c1-10(14-3-2-6-18-14)17-9-12-5-4-11(8-16)7-13(12)15/h2-7,10,17H,9H2,1H3/t10-/m1/s1. The second kappa shape index (κ2) is 5.72. The number of hydrogen-bond donors (Lipinski definition) is 1. The van der Waals surface area contributed by atoms with Crippen molar-refractivity contribution in [2.45, 2.75) is 19.5 Å². The zero-order chi connectivity index (χ0) is 13.0. The number of rotatable bonds is 4. The van der Waals surface area contributed by atoms with Gasteiger partial charge < -0.3 is 9.73 Å². The molecule has 0 saturated carbocycles. The first-order valence-electron chi connectivity index (χ1n) is 5.66. The molecule has 1 aromatic carbocycles. The van der Waals surface area contributed by atoms with Crippen molar-refractivity contribution in [3.8, 4) is 6.07 Å².